The number of allylic oxidation sites excluding steroid dienone is 3. The molecule has 0 saturated heterocycles. The molecular weight excluding hydrogens is 288 g/mol. The van der Waals surface area contributed by atoms with Gasteiger partial charge < -0.3 is 16.5 Å². The Morgan fingerprint density at radius 1 is 1.13 bits per heavy atom. The predicted octanol–water partition coefficient (Wildman–Crippen LogP) is 1.84. The minimum Gasteiger partial charge on any atom is -0.762 e. The van der Waals surface area contributed by atoms with E-state index in [4.69, 9.17) is 16.4 Å². The van der Waals surface area contributed by atoms with Gasteiger partial charge in [-0.15, -0.1) is 0 Å². The van der Waals surface area contributed by atoms with E-state index in [-0.39, 0.29) is 28.2 Å². The Kier molecular flexibility index (Phi) is 4.29. The van der Waals surface area contributed by atoms with Crippen molar-refractivity contribution in [1.29, 1.82) is 15.8 Å². The monoisotopic (exact) mass is 299 g/mol. The Labute approximate surface area is 133 Å². The van der Waals surface area contributed by atoms with Crippen LogP contribution in [0.15, 0.2) is 52.5 Å². The van der Waals surface area contributed by atoms with E-state index in [0.717, 1.165) is 5.56 Å². The number of aryl methyl sites for hydroxylation is 1. The van der Waals surface area contributed by atoms with Crippen LogP contribution < -0.4 is 11.1 Å². The standard InChI is InChI=1S/C17H11N6/c1-10-2-4-11(5-3-10)15-13(8-20)16(12(6-18)7-19)23-17(22)14(15)9-21/h2-5,15,23H,22H2,1H3/q-1. The number of hydrogen-bond donors (Lipinski definition) is 2. The van der Waals surface area contributed by atoms with Crippen molar-refractivity contribution in [3.05, 3.63) is 69.0 Å². The van der Waals surface area contributed by atoms with Crippen LogP contribution in [0.5, 0.6) is 0 Å². The zero-order chi connectivity index (χ0) is 17.0. The van der Waals surface area contributed by atoms with Crippen LogP contribution in [-0.2, 0) is 0 Å². The van der Waals surface area contributed by atoms with E-state index < -0.39 is 5.92 Å². The van der Waals surface area contributed by atoms with Gasteiger partial charge in [0.2, 0.25) is 0 Å². The Morgan fingerprint density at radius 3 is 2.22 bits per heavy atom. The summed E-state index contributed by atoms with van der Waals surface area (Å²) in [5.74, 6) is 1.07. The Balaban J connectivity index is 2.76. The van der Waals surface area contributed by atoms with Crippen LogP contribution in [0.1, 0.15) is 17.0 Å². The average Bonchev–Trinajstić information content (AvgIpc) is 2.56. The highest BCUT2D eigenvalue weighted by molar-refractivity contribution is 5.75. The van der Waals surface area contributed by atoms with Crippen molar-refractivity contribution in [3.63, 3.8) is 0 Å². The van der Waals surface area contributed by atoms with E-state index in [1.54, 1.807) is 24.1 Å². The molecule has 0 aliphatic carbocycles. The summed E-state index contributed by atoms with van der Waals surface area (Å²) in [6, 6.07) is 13.1. The molecule has 0 bridgehead atoms. The molecule has 0 radical (unpaired) electrons. The minimum absolute atomic E-state index is 0.0371. The van der Waals surface area contributed by atoms with Gasteiger partial charge in [0.15, 0.2) is 0 Å². The summed E-state index contributed by atoms with van der Waals surface area (Å²) in [5, 5.41) is 39.7. The van der Waals surface area contributed by atoms with Crippen molar-refractivity contribution in [3.8, 4) is 18.2 Å². The second-order valence-corrected chi connectivity index (χ2v) is 4.91. The summed E-state index contributed by atoms with van der Waals surface area (Å²) < 4.78 is 0. The first-order valence-electron chi connectivity index (χ1n) is 6.62. The molecule has 1 aliphatic rings. The third-order valence-electron chi connectivity index (χ3n) is 3.52. The molecular formula is C17H11N6-. The second kappa shape index (κ2) is 6.33. The van der Waals surface area contributed by atoms with E-state index in [9.17, 15) is 10.5 Å². The fraction of sp³-hybridized carbons (Fsp3) is 0.118. The second-order valence-electron chi connectivity index (χ2n) is 4.91. The molecule has 1 heterocycles. The highest BCUT2D eigenvalue weighted by Gasteiger charge is 2.32. The number of hydrogen-bond acceptors (Lipinski definition) is 5. The predicted molar refractivity (Wildman–Crippen MR) is 84.0 cm³/mol. The maximum Gasteiger partial charge on any atom is 0.116 e. The van der Waals surface area contributed by atoms with Gasteiger partial charge in [0.25, 0.3) is 0 Å². The molecule has 3 N–H and O–H groups in total. The molecule has 1 aliphatic heterocycles. The molecule has 1 aromatic carbocycles. The van der Waals surface area contributed by atoms with Gasteiger partial charge >= 0.3 is 0 Å². The molecule has 0 amide bonds. The molecule has 6 heteroatoms. The van der Waals surface area contributed by atoms with Crippen molar-refractivity contribution in [2.24, 2.45) is 5.73 Å². The largest absolute Gasteiger partial charge is 0.762 e. The van der Waals surface area contributed by atoms with Crippen LogP contribution in [-0.4, -0.2) is 5.87 Å². The normalized spacial score (nSPS) is 16.5. The number of nitrogens with zero attached hydrogens (tertiary/aromatic N) is 4. The van der Waals surface area contributed by atoms with E-state index in [1.165, 1.54) is 0 Å². The Bertz CT molecular complexity index is 890. The molecule has 1 aromatic rings. The van der Waals surface area contributed by atoms with Gasteiger partial charge in [0.1, 0.15) is 11.9 Å². The lowest BCUT2D eigenvalue weighted by Crippen LogP contribution is -2.31. The topological polar surface area (TPSA) is 132 Å². The molecule has 0 saturated carbocycles. The van der Waals surface area contributed by atoms with E-state index >= 15 is 0 Å². The number of nitrogens with one attached hydrogen (secondary N) is 1. The van der Waals surface area contributed by atoms with Crippen LogP contribution in [0.2, 0.25) is 0 Å². The Morgan fingerprint density at radius 2 is 1.74 bits per heavy atom. The van der Waals surface area contributed by atoms with Crippen LogP contribution in [0.3, 0.4) is 0 Å². The first-order chi connectivity index (χ1) is 11.1. The average molecular weight is 299 g/mol. The smallest absolute Gasteiger partial charge is 0.116 e. The van der Waals surface area contributed by atoms with Gasteiger partial charge in [-0.2, -0.15) is 15.8 Å². The van der Waals surface area contributed by atoms with Gasteiger partial charge in [0, 0.05) is 0 Å². The molecule has 1 atom stereocenters. The fourth-order valence-electron chi connectivity index (χ4n) is 2.38. The molecule has 0 fully saturated rings. The highest BCUT2D eigenvalue weighted by Crippen LogP contribution is 2.37. The van der Waals surface area contributed by atoms with Crippen molar-refractivity contribution >= 4 is 5.87 Å². The van der Waals surface area contributed by atoms with Crippen molar-refractivity contribution in [2.45, 2.75) is 12.8 Å². The lowest BCUT2D eigenvalue weighted by molar-refractivity contribution is 0.816. The first kappa shape index (κ1) is 15.6. The summed E-state index contributed by atoms with van der Waals surface area (Å²) in [4.78, 5) is 0. The summed E-state index contributed by atoms with van der Waals surface area (Å²) in [6.45, 7) is 1.92. The van der Waals surface area contributed by atoms with Crippen LogP contribution in [0, 0.1) is 40.9 Å². The molecule has 23 heavy (non-hydrogen) atoms. The minimum atomic E-state index is -0.710. The fourth-order valence-corrected chi connectivity index (χ4v) is 2.38. The van der Waals surface area contributed by atoms with Gasteiger partial charge in [-0.05, 0) is 12.5 Å². The maximum absolute atomic E-state index is 9.53. The van der Waals surface area contributed by atoms with Crippen molar-refractivity contribution < 1.29 is 0 Å². The van der Waals surface area contributed by atoms with Crippen molar-refractivity contribution in [2.75, 3.05) is 0 Å². The quantitative estimate of drug-likeness (QED) is 0.635. The molecule has 0 aromatic heterocycles. The zero-order valence-electron chi connectivity index (χ0n) is 12.3. The number of dihydropyridines is 1. The highest BCUT2D eigenvalue weighted by atomic mass is 15.0. The van der Waals surface area contributed by atoms with Crippen LogP contribution in [0.4, 0.5) is 0 Å². The lowest BCUT2D eigenvalue weighted by Gasteiger charge is -2.26. The molecule has 1 unspecified atom stereocenters. The summed E-state index contributed by atoms with van der Waals surface area (Å²) in [5.41, 5.74) is 7.71. The molecule has 2 rings (SSSR count). The third-order valence-corrected chi connectivity index (χ3v) is 3.52. The van der Waals surface area contributed by atoms with Crippen LogP contribution >= 0.6 is 0 Å². The maximum atomic E-state index is 9.53. The van der Waals surface area contributed by atoms with Gasteiger partial charge in [-0.1, -0.05) is 29.8 Å². The molecule has 0 spiro atoms. The SMILES string of the molecule is Cc1ccc(C2C(C#N)=C(N)NC(C(=C=[N-])C#N)=C2C#N)cc1. The summed E-state index contributed by atoms with van der Waals surface area (Å²) in [6.07, 6.45) is 0. The van der Waals surface area contributed by atoms with E-state index in [2.05, 4.69) is 5.32 Å². The van der Waals surface area contributed by atoms with E-state index in [0.29, 0.717) is 5.56 Å². The van der Waals surface area contributed by atoms with Gasteiger partial charge in [-0.25, -0.2) is 5.87 Å². The van der Waals surface area contributed by atoms with Gasteiger partial charge in [-0.3, -0.25) is 0 Å². The van der Waals surface area contributed by atoms with Gasteiger partial charge in [0.05, 0.1) is 40.5 Å². The number of benzene rings is 1. The van der Waals surface area contributed by atoms with Crippen LogP contribution in [0.25, 0.3) is 5.41 Å². The summed E-state index contributed by atoms with van der Waals surface area (Å²) >= 11 is 0. The summed E-state index contributed by atoms with van der Waals surface area (Å²) in [7, 11) is 0. The number of nitrogens with two attached hydrogens (primary N) is 1. The molecule has 110 valence electrons. The van der Waals surface area contributed by atoms with E-state index in [1.807, 2.05) is 31.2 Å². The number of rotatable bonds is 2. The van der Waals surface area contributed by atoms with Crippen molar-refractivity contribution in [1.82, 2.24) is 5.32 Å². The number of nitriles is 3. The third kappa shape index (κ3) is 2.69. The first-order valence-corrected chi connectivity index (χ1v) is 6.62. The lowest BCUT2D eigenvalue weighted by atomic mass is 9.81. The molecule has 6 nitrogen and oxygen atoms in total. The Hall–Kier alpha value is -3.78. The zero-order valence-corrected chi connectivity index (χ0v) is 12.3.